The van der Waals surface area contributed by atoms with E-state index in [-0.39, 0.29) is 24.3 Å². The Morgan fingerprint density at radius 1 is 1.20 bits per heavy atom. The first kappa shape index (κ1) is 21.6. The molecule has 9 heteroatoms. The fraction of sp³-hybridized carbons (Fsp3) is 0.333. The van der Waals surface area contributed by atoms with Gasteiger partial charge < -0.3 is 5.32 Å². The van der Waals surface area contributed by atoms with Crippen LogP contribution in [-0.4, -0.2) is 57.2 Å². The number of amides is 3. The van der Waals surface area contributed by atoms with Gasteiger partial charge in [0.05, 0.1) is 12.2 Å². The second-order valence-electron chi connectivity index (χ2n) is 7.13. The summed E-state index contributed by atoms with van der Waals surface area (Å²) in [5, 5.41) is 10.0. The Kier molecular flexibility index (Phi) is 6.56. The van der Waals surface area contributed by atoms with Gasteiger partial charge in [0, 0.05) is 37.3 Å². The van der Waals surface area contributed by atoms with Gasteiger partial charge in [0.25, 0.3) is 17.7 Å². The lowest BCUT2D eigenvalue weighted by Gasteiger charge is -2.27. The van der Waals surface area contributed by atoms with Gasteiger partial charge in [-0.15, -0.1) is 0 Å². The molecule has 1 aliphatic rings. The van der Waals surface area contributed by atoms with E-state index in [0.29, 0.717) is 41.5 Å². The van der Waals surface area contributed by atoms with Crippen LogP contribution in [0.25, 0.3) is 6.08 Å². The molecule has 30 heavy (non-hydrogen) atoms. The first-order valence-corrected chi connectivity index (χ1v) is 9.99. The zero-order chi connectivity index (χ0) is 21.8. The first-order chi connectivity index (χ1) is 14.3. The van der Waals surface area contributed by atoms with E-state index < -0.39 is 0 Å². The van der Waals surface area contributed by atoms with Crippen LogP contribution in [0.4, 0.5) is 0 Å². The SMILES string of the molecule is Cc1cccc(C(=O)NCC(=O)N2CCCN2C(=O)C=Cc2c(C)nn(C)c2Cl)c1. The Labute approximate surface area is 180 Å². The molecule has 0 bridgehead atoms. The van der Waals surface area contributed by atoms with Crippen molar-refractivity contribution in [3.05, 3.63) is 57.9 Å². The van der Waals surface area contributed by atoms with Crippen molar-refractivity contribution in [2.45, 2.75) is 20.3 Å². The van der Waals surface area contributed by atoms with Gasteiger partial charge in [-0.1, -0.05) is 29.3 Å². The highest BCUT2D eigenvalue weighted by atomic mass is 35.5. The van der Waals surface area contributed by atoms with Gasteiger partial charge in [0.15, 0.2) is 0 Å². The van der Waals surface area contributed by atoms with Crippen molar-refractivity contribution in [2.75, 3.05) is 19.6 Å². The van der Waals surface area contributed by atoms with Gasteiger partial charge in [-0.05, 0) is 38.5 Å². The van der Waals surface area contributed by atoms with E-state index >= 15 is 0 Å². The van der Waals surface area contributed by atoms with Crippen molar-refractivity contribution in [1.82, 2.24) is 25.1 Å². The van der Waals surface area contributed by atoms with Crippen LogP contribution in [0.1, 0.15) is 33.6 Å². The van der Waals surface area contributed by atoms with Gasteiger partial charge in [-0.2, -0.15) is 5.10 Å². The molecule has 1 aromatic heterocycles. The number of hydrogen-bond donors (Lipinski definition) is 1. The van der Waals surface area contributed by atoms with Crippen molar-refractivity contribution in [2.24, 2.45) is 7.05 Å². The molecule has 3 rings (SSSR count). The molecule has 1 aromatic carbocycles. The standard InChI is InChI=1S/C21H24ClN5O3/c1-14-6-4-7-16(12-14)21(30)23-13-19(29)27-11-5-10-26(27)18(28)9-8-17-15(2)24-25(3)20(17)22/h4,6-9,12H,5,10-11,13H2,1-3H3,(H,23,30). The number of hydrogen-bond acceptors (Lipinski definition) is 4. The highest BCUT2D eigenvalue weighted by Gasteiger charge is 2.29. The fourth-order valence-electron chi connectivity index (χ4n) is 3.31. The molecule has 0 unspecified atom stereocenters. The summed E-state index contributed by atoms with van der Waals surface area (Å²) in [4.78, 5) is 37.5. The highest BCUT2D eigenvalue weighted by molar-refractivity contribution is 6.31. The molecular weight excluding hydrogens is 406 g/mol. The predicted molar refractivity (Wildman–Crippen MR) is 114 cm³/mol. The van der Waals surface area contributed by atoms with E-state index in [1.54, 1.807) is 38.2 Å². The third kappa shape index (κ3) is 4.71. The lowest BCUT2D eigenvalue weighted by Crippen LogP contribution is -2.48. The molecule has 0 spiro atoms. The summed E-state index contributed by atoms with van der Waals surface area (Å²) in [6.45, 7) is 4.36. The van der Waals surface area contributed by atoms with E-state index in [4.69, 9.17) is 11.6 Å². The third-order valence-electron chi connectivity index (χ3n) is 4.84. The maximum atomic E-state index is 12.6. The average Bonchev–Trinajstić information content (AvgIpc) is 3.29. The van der Waals surface area contributed by atoms with Crippen LogP contribution in [0.2, 0.25) is 5.15 Å². The molecule has 8 nitrogen and oxygen atoms in total. The maximum Gasteiger partial charge on any atom is 0.265 e. The zero-order valence-corrected chi connectivity index (χ0v) is 17.9. The van der Waals surface area contributed by atoms with Crippen LogP contribution < -0.4 is 5.32 Å². The summed E-state index contributed by atoms with van der Waals surface area (Å²) in [6.07, 6.45) is 3.66. The van der Waals surface area contributed by atoms with Crippen molar-refractivity contribution in [3.8, 4) is 0 Å². The molecular formula is C21H24ClN5O3. The molecule has 1 fully saturated rings. The molecule has 2 heterocycles. The summed E-state index contributed by atoms with van der Waals surface area (Å²) in [6, 6.07) is 7.12. The van der Waals surface area contributed by atoms with Crippen molar-refractivity contribution in [3.63, 3.8) is 0 Å². The van der Waals surface area contributed by atoms with E-state index in [1.165, 1.54) is 20.8 Å². The average molecular weight is 430 g/mol. The maximum absolute atomic E-state index is 12.6. The number of nitrogens with zero attached hydrogens (tertiary/aromatic N) is 4. The number of hydrazine groups is 1. The van der Waals surface area contributed by atoms with Crippen LogP contribution in [0, 0.1) is 13.8 Å². The number of benzene rings is 1. The number of carbonyl (C=O) groups is 3. The zero-order valence-electron chi connectivity index (χ0n) is 17.2. The van der Waals surface area contributed by atoms with Gasteiger partial charge in [0.1, 0.15) is 5.15 Å². The van der Waals surface area contributed by atoms with Crippen molar-refractivity contribution >= 4 is 35.4 Å². The molecule has 0 atom stereocenters. The number of aryl methyl sites for hydroxylation is 3. The van der Waals surface area contributed by atoms with Crippen molar-refractivity contribution < 1.29 is 14.4 Å². The minimum atomic E-state index is -0.342. The lowest BCUT2D eigenvalue weighted by molar-refractivity contribution is -0.153. The van der Waals surface area contributed by atoms with Crippen LogP contribution in [0.15, 0.2) is 30.3 Å². The monoisotopic (exact) mass is 429 g/mol. The van der Waals surface area contributed by atoms with Gasteiger partial charge in [-0.25, -0.2) is 10.0 Å². The van der Waals surface area contributed by atoms with Crippen LogP contribution in [-0.2, 0) is 16.6 Å². The second-order valence-corrected chi connectivity index (χ2v) is 7.49. The summed E-state index contributed by atoms with van der Waals surface area (Å²) < 4.78 is 1.53. The Balaban J connectivity index is 1.61. The predicted octanol–water partition coefficient (Wildman–Crippen LogP) is 2.11. The Morgan fingerprint density at radius 2 is 1.93 bits per heavy atom. The molecule has 0 aliphatic carbocycles. The number of rotatable bonds is 5. The third-order valence-corrected chi connectivity index (χ3v) is 5.29. The number of halogens is 1. The molecule has 158 valence electrons. The van der Waals surface area contributed by atoms with E-state index in [9.17, 15) is 14.4 Å². The molecule has 3 amide bonds. The number of nitrogens with one attached hydrogen (secondary N) is 1. The summed E-state index contributed by atoms with van der Waals surface area (Å²) in [5.41, 5.74) is 2.82. The minimum absolute atomic E-state index is 0.187. The first-order valence-electron chi connectivity index (χ1n) is 9.61. The van der Waals surface area contributed by atoms with Gasteiger partial charge in [-0.3, -0.25) is 19.1 Å². The largest absolute Gasteiger partial charge is 0.343 e. The molecule has 1 N–H and O–H groups in total. The highest BCUT2D eigenvalue weighted by Crippen LogP contribution is 2.20. The quantitative estimate of drug-likeness (QED) is 0.737. The van der Waals surface area contributed by atoms with Gasteiger partial charge >= 0.3 is 0 Å². The smallest absolute Gasteiger partial charge is 0.265 e. The summed E-state index contributed by atoms with van der Waals surface area (Å²) >= 11 is 6.19. The normalized spacial score (nSPS) is 13.9. The number of aromatic nitrogens is 2. The Morgan fingerprint density at radius 3 is 2.60 bits per heavy atom. The summed E-state index contributed by atoms with van der Waals surface area (Å²) in [7, 11) is 1.72. The minimum Gasteiger partial charge on any atom is -0.343 e. The van der Waals surface area contributed by atoms with E-state index in [0.717, 1.165) is 5.56 Å². The van der Waals surface area contributed by atoms with E-state index in [2.05, 4.69) is 10.4 Å². The van der Waals surface area contributed by atoms with Crippen LogP contribution >= 0.6 is 11.6 Å². The summed E-state index contributed by atoms with van der Waals surface area (Å²) in [5.74, 6) is -0.998. The molecule has 0 radical (unpaired) electrons. The lowest BCUT2D eigenvalue weighted by atomic mass is 10.1. The fourth-order valence-corrected chi connectivity index (χ4v) is 3.55. The molecule has 0 saturated carbocycles. The van der Waals surface area contributed by atoms with Crippen LogP contribution in [0.5, 0.6) is 0 Å². The number of carbonyl (C=O) groups excluding carboxylic acids is 3. The van der Waals surface area contributed by atoms with E-state index in [1.807, 2.05) is 13.0 Å². The molecule has 1 saturated heterocycles. The Hall–Kier alpha value is -3.13. The second kappa shape index (κ2) is 9.13. The molecule has 1 aliphatic heterocycles. The van der Waals surface area contributed by atoms with Crippen LogP contribution in [0.3, 0.4) is 0 Å². The Bertz CT molecular complexity index is 1010. The molecule has 2 aromatic rings. The van der Waals surface area contributed by atoms with Gasteiger partial charge in [0.2, 0.25) is 0 Å². The topological polar surface area (TPSA) is 87.5 Å². The van der Waals surface area contributed by atoms with Crippen molar-refractivity contribution in [1.29, 1.82) is 0 Å².